The van der Waals surface area contributed by atoms with Gasteiger partial charge >= 0.3 is 0 Å². The number of piperazine rings is 1. The summed E-state index contributed by atoms with van der Waals surface area (Å²) in [5.41, 5.74) is 0.989. The lowest BCUT2D eigenvalue weighted by atomic mass is 10.1. The van der Waals surface area contributed by atoms with Crippen LogP contribution in [0.2, 0.25) is 0 Å². The normalized spacial score (nSPS) is 22.2. The molecule has 1 heterocycles. The van der Waals surface area contributed by atoms with Crippen LogP contribution in [0.3, 0.4) is 0 Å². The molecular formula is C12H17BrN2O. The maximum atomic E-state index is 9.77. The monoisotopic (exact) mass is 284 g/mol. The lowest BCUT2D eigenvalue weighted by Gasteiger charge is -2.31. The van der Waals surface area contributed by atoms with Crippen LogP contribution >= 0.6 is 15.9 Å². The van der Waals surface area contributed by atoms with E-state index in [0.29, 0.717) is 11.8 Å². The molecule has 0 unspecified atom stereocenters. The van der Waals surface area contributed by atoms with E-state index in [2.05, 4.69) is 33.1 Å². The molecule has 1 aromatic rings. The van der Waals surface area contributed by atoms with Gasteiger partial charge < -0.3 is 10.4 Å². The number of phenols is 1. The second-order valence-electron chi connectivity index (χ2n) is 4.36. The zero-order valence-corrected chi connectivity index (χ0v) is 11.0. The van der Waals surface area contributed by atoms with Gasteiger partial charge in [0.15, 0.2) is 0 Å². The van der Waals surface area contributed by atoms with E-state index in [0.717, 1.165) is 36.2 Å². The fourth-order valence-electron chi connectivity index (χ4n) is 2.08. The van der Waals surface area contributed by atoms with E-state index in [1.807, 2.05) is 12.1 Å². The molecule has 0 bridgehead atoms. The van der Waals surface area contributed by atoms with Crippen molar-refractivity contribution in [2.24, 2.45) is 0 Å². The van der Waals surface area contributed by atoms with Crippen LogP contribution in [0.1, 0.15) is 12.5 Å². The molecule has 0 saturated carbocycles. The van der Waals surface area contributed by atoms with Gasteiger partial charge in [-0.05, 0) is 25.1 Å². The highest BCUT2D eigenvalue weighted by Crippen LogP contribution is 2.23. The predicted molar refractivity (Wildman–Crippen MR) is 68.5 cm³/mol. The molecule has 1 saturated heterocycles. The molecule has 1 aliphatic heterocycles. The second-order valence-corrected chi connectivity index (χ2v) is 5.28. The van der Waals surface area contributed by atoms with Crippen LogP contribution in [-0.2, 0) is 6.54 Å². The van der Waals surface area contributed by atoms with Crippen LogP contribution in [-0.4, -0.2) is 35.7 Å². The quantitative estimate of drug-likeness (QED) is 0.872. The highest BCUT2D eigenvalue weighted by atomic mass is 79.9. The summed E-state index contributed by atoms with van der Waals surface area (Å²) in [4.78, 5) is 2.36. The Labute approximate surface area is 105 Å². The fraction of sp³-hybridized carbons (Fsp3) is 0.500. The molecule has 4 heteroatoms. The van der Waals surface area contributed by atoms with Crippen LogP contribution < -0.4 is 5.32 Å². The van der Waals surface area contributed by atoms with E-state index < -0.39 is 0 Å². The molecule has 0 spiro atoms. The smallest absolute Gasteiger partial charge is 0.120 e. The van der Waals surface area contributed by atoms with Gasteiger partial charge in [0, 0.05) is 42.3 Å². The average molecular weight is 285 g/mol. The summed E-state index contributed by atoms with van der Waals surface area (Å²) in [5, 5.41) is 13.2. The number of phenolic OH excluding ortho intramolecular Hbond substituents is 1. The van der Waals surface area contributed by atoms with E-state index in [1.54, 1.807) is 6.07 Å². The number of halogens is 1. The lowest BCUT2D eigenvalue weighted by molar-refractivity contribution is 0.198. The third-order valence-electron chi connectivity index (χ3n) is 2.89. The van der Waals surface area contributed by atoms with E-state index in [9.17, 15) is 5.11 Å². The topological polar surface area (TPSA) is 35.5 Å². The summed E-state index contributed by atoms with van der Waals surface area (Å²) in [6.45, 7) is 6.10. The third kappa shape index (κ3) is 2.97. The predicted octanol–water partition coefficient (Wildman–Crippen LogP) is 1.95. The Morgan fingerprint density at radius 2 is 2.38 bits per heavy atom. The van der Waals surface area contributed by atoms with Crippen LogP contribution in [0.15, 0.2) is 22.7 Å². The molecule has 2 rings (SSSR count). The molecule has 1 aromatic carbocycles. The van der Waals surface area contributed by atoms with Crippen molar-refractivity contribution in [3.8, 4) is 5.75 Å². The first kappa shape index (κ1) is 11.9. The first-order valence-corrected chi connectivity index (χ1v) is 6.37. The summed E-state index contributed by atoms with van der Waals surface area (Å²) in [6.07, 6.45) is 0. The molecule has 16 heavy (non-hydrogen) atoms. The number of hydrogen-bond donors (Lipinski definition) is 2. The highest BCUT2D eigenvalue weighted by molar-refractivity contribution is 9.10. The minimum Gasteiger partial charge on any atom is -0.508 e. The van der Waals surface area contributed by atoms with Gasteiger partial charge in [-0.1, -0.05) is 15.9 Å². The molecule has 0 aromatic heterocycles. The van der Waals surface area contributed by atoms with E-state index >= 15 is 0 Å². The Morgan fingerprint density at radius 1 is 1.56 bits per heavy atom. The molecule has 1 fully saturated rings. The molecule has 0 radical (unpaired) electrons. The SMILES string of the molecule is C[C@@H]1CN(Cc2cc(Br)ccc2O)CCN1. The van der Waals surface area contributed by atoms with E-state index in [4.69, 9.17) is 0 Å². The Kier molecular flexibility index (Phi) is 3.84. The largest absolute Gasteiger partial charge is 0.508 e. The summed E-state index contributed by atoms with van der Waals surface area (Å²) in [5.74, 6) is 0.384. The average Bonchev–Trinajstić information content (AvgIpc) is 2.24. The Balaban J connectivity index is 2.05. The standard InChI is InChI=1S/C12H17BrN2O/c1-9-7-15(5-4-14-9)8-10-6-11(13)2-3-12(10)16/h2-3,6,9,14,16H,4-5,7-8H2,1H3/t9-/m1/s1. The third-order valence-corrected chi connectivity index (χ3v) is 3.38. The van der Waals surface area contributed by atoms with Gasteiger partial charge in [-0.2, -0.15) is 0 Å². The Morgan fingerprint density at radius 3 is 3.12 bits per heavy atom. The number of nitrogens with zero attached hydrogens (tertiary/aromatic N) is 1. The number of rotatable bonds is 2. The van der Waals surface area contributed by atoms with Gasteiger partial charge in [0.2, 0.25) is 0 Å². The number of hydrogen-bond acceptors (Lipinski definition) is 3. The first-order valence-electron chi connectivity index (χ1n) is 5.58. The van der Waals surface area contributed by atoms with Crippen molar-refractivity contribution in [2.45, 2.75) is 19.5 Å². The summed E-state index contributed by atoms with van der Waals surface area (Å²) < 4.78 is 1.02. The van der Waals surface area contributed by atoms with Crippen molar-refractivity contribution >= 4 is 15.9 Å². The molecule has 0 amide bonds. The zero-order chi connectivity index (χ0) is 11.5. The molecule has 2 N–H and O–H groups in total. The van der Waals surface area contributed by atoms with Crippen LogP contribution in [0.5, 0.6) is 5.75 Å². The fourth-order valence-corrected chi connectivity index (χ4v) is 2.49. The van der Waals surface area contributed by atoms with Crippen LogP contribution in [0.4, 0.5) is 0 Å². The molecule has 0 aliphatic carbocycles. The molecule has 1 atom stereocenters. The number of nitrogens with one attached hydrogen (secondary N) is 1. The molecule has 88 valence electrons. The molecule has 3 nitrogen and oxygen atoms in total. The zero-order valence-electron chi connectivity index (χ0n) is 9.41. The minimum atomic E-state index is 0.384. The lowest BCUT2D eigenvalue weighted by Crippen LogP contribution is -2.48. The summed E-state index contributed by atoms with van der Waals surface area (Å²) >= 11 is 3.43. The van der Waals surface area contributed by atoms with Crippen LogP contribution in [0, 0.1) is 0 Å². The maximum absolute atomic E-state index is 9.77. The Hall–Kier alpha value is -0.580. The van der Waals surface area contributed by atoms with Gasteiger partial charge in [0.05, 0.1) is 0 Å². The van der Waals surface area contributed by atoms with E-state index in [1.165, 1.54) is 0 Å². The van der Waals surface area contributed by atoms with Gasteiger partial charge in [0.1, 0.15) is 5.75 Å². The first-order chi connectivity index (χ1) is 7.65. The number of aromatic hydroxyl groups is 1. The second kappa shape index (κ2) is 5.17. The molecular weight excluding hydrogens is 268 g/mol. The summed E-state index contributed by atoms with van der Waals surface area (Å²) in [6, 6.07) is 6.12. The van der Waals surface area contributed by atoms with Crippen molar-refractivity contribution < 1.29 is 5.11 Å². The number of benzene rings is 1. The van der Waals surface area contributed by atoms with Crippen molar-refractivity contribution in [2.75, 3.05) is 19.6 Å². The summed E-state index contributed by atoms with van der Waals surface area (Å²) in [7, 11) is 0. The van der Waals surface area contributed by atoms with Gasteiger partial charge in [-0.25, -0.2) is 0 Å². The van der Waals surface area contributed by atoms with Gasteiger partial charge in [-0.15, -0.1) is 0 Å². The molecule has 1 aliphatic rings. The van der Waals surface area contributed by atoms with Gasteiger partial charge in [0.25, 0.3) is 0 Å². The highest BCUT2D eigenvalue weighted by Gasteiger charge is 2.16. The maximum Gasteiger partial charge on any atom is 0.120 e. The van der Waals surface area contributed by atoms with Crippen molar-refractivity contribution in [3.05, 3.63) is 28.2 Å². The van der Waals surface area contributed by atoms with Crippen LogP contribution in [0.25, 0.3) is 0 Å². The van der Waals surface area contributed by atoms with Crippen molar-refractivity contribution in [1.82, 2.24) is 10.2 Å². The van der Waals surface area contributed by atoms with Crippen molar-refractivity contribution in [3.63, 3.8) is 0 Å². The van der Waals surface area contributed by atoms with Gasteiger partial charge in [-0.3, -0.25) is 4.90 Å². The van der Waals surface area contributed by atoms with E-state index in [-0.39, 0.29) is 0 Å². The van der Waals surface area contributed by atoms with Crippen molar-refractivity contribution in [1.29, 1.82) is 0 Å². The minimum absolute atomic E-state index is 0.384. The Bertz CT molecular complexity index is 370.